The molecule has 2 atom stereocenters. The highest BCUT2D eigenvalue weighted by Gasteiger charge is 2.24. The minimum absolute atomic E-state index is 0.0162. The first-order chi connectivity index (χ1) is 17.5. The number of rotatable bonds is 9. The van der Waals surface area contributed by atoms with Gasteiger partial charge in [-0.15, -0.1) is 0 Å². The highest BCUT2D eigenvalue weighted by Crippen LogP contribution is 2.22. The number of amides is 2. The Hall–Kier alpha value is -3.48. The molecule has 4 rings (SSSR count). The van der Waals surface area contributed by atoms with Crippen LogP contribution in [-0.4, -0.2) is 42.4 Å². The number of carbonyl (C=O) groups excluding carboxylic acids is 2. The van der Waals surface area contributed by atoms with E-state index in [0.717, 1.165) is 44.2 Å². The second-order valence-electron chi connectivity index (χ2n) is 9.69. The van der Waals surface area contributed by atoms with E-state index in [1.165, 1.54) is 5.56 Å². The number of hydrogen-bond donors (Lipinski definition) is 3. The van der Waals surface area contributed by atoms with Crippen molar-refractivity contribution in [3.05, 3.63) is 101 Å². The van der Waals surface area contributed by atoms with Crippen LogP contribution in [0.15, 0.2) is 78.9 Å². The zero-order valence-corrected chi connectivity index (χ0v) is 21.0. The predicted molar refractivity (Wildman–Crippen MR) is 145 cm³/mol. The van der Waals surface area contributed by atoms with Gasteiger partial charge in [0.1, 0.15) is 0 Å². The van der Waals surface area contributed by atoms with Crippen LogP contribution in [0.4, 0.5) is 5.69 Å². The third-order valence-electron chi connectivity index (χ3n) is 6.86. The monoisotopic (exact) mass is 484 g/mol. The molecule has 1 fully saturated rings. The average Bonchev–Trinajstić information content (AvgIpc) is 2.91. The van der Waals surface area contributed by atoms with Crippen LogP contribution in [0.3, 0.4) is 0 Å². The van der Waals surface area contributed by atoms with Crippen LogP contribution in [0, 0.1) is 0 Å². The molecule has 4 N–H and O–H groups in total. The molecule has 6 nitrogen and oxygen atoms in total. The first-order valence-electron chi connectivity index (χ1n) is 12.8. The molecule has 3 aromatic carbocycles. The first kappa shape index (κ1) is 25.6. The molecular formula is C30H36N4O2. The lowest BCUT2D eigenvalue weighted by Crippen LogP contribution is -2.49. The van der Waals surface area contributed by atoms with E-state index in [1.807, 2.05) is 36.4 Å². The van der Waals surface area contributed by atoms with Crippen molar-refractivity contribution in [2.24, 2.45) is 5.73 Å². The van der Waals surface area contributed by atoms with Crippen molar-refractivity contribution in [2.75, 3.05) is 18.9 Å². The molecule has 2 unspecified atom stereocenters. The van der Waals surface area contributed by atoms with Crippen LogP contribution in [0.5, 0.6) is 0 Å². The maximum absolute atomic E-state index is 13.1. The summed E-state index contributed by atoms with van der Waals surface area (Å²) in [6.45, 7) is 1.52. The first-order valence-corrected chi connectivity index (χ1v) is 12.8. The molecule has 0 radical (unpaired) electrons. The number of benzene rings is 3. The van der Waals surface area contributed by atoms with E-state index in [9.17, 15) is 9.59 Å². The lowest BCUT2D eigenvalue weighted by molar-refractivity contribution is 0.0920. The van der Waals surface area contributed by atoms with Gasteiger partial charge in [-0.2, -0.15) is 0 Å². The number of nitrogens with one attached hydrogen (secondary N) is 2. The van der Waals surface area contributed by atoms with Crippen LogP contribution in [0.2, 0.25) is 0 Å². The molecular weight excluding hydrogens is 448 g/mol. The highest BCUT2D eigenvalue weighted by atomic mass is 16.2. The number of likely N-dealkylation sites (N-methyl/N-ethyl adjacent to an activating group) is 1. The molecule has 0 aliphatic heterocycles. The van der Waals surface area contributed by atoms with E-state index in [4.69, 9.17) is 5.73 Å². The van der Waals surface area contributed by atoms with Gasteiger partial charge in [-0.1, -0.05) is 67.4 Å². The molecule has 0 saturated heterocycles. The fraction of sp³-hybridized carbons (Fsp3) is 0.333. The maximum atomic E-state index is 13.1. The summed E-state index contributed by atoms with van der Waals surface area (Å²) in [5.41, 5.74) is 10.2. The van der Waals surface area contributed by atoms with Gasteiger partial charge in [0.15, 0.2) is 0 Å². The fourth-order valence-electron chi connectivity index (χ4n) is 4.68. The average molecular weight is 485 g/mol. The molecule has 0 aromatic heterocycles. The quantitative estimate of drug-likeness (QED) is 0.414. The summed E-state index contributed by atoms with van der Waals surface area (Å²) in [6.07, 6.45) is 4.94. The van der Waals surface area contributed by atoms with Crippen molar-refractivity contribution in [1.82, 2.24) is 10.2 Å². The Bertz CT molecular complexity index is 1150. The van der Waals surface area contributed by atoms with Gasteiger partial charge in [0.25, 0.3) is 11.8 Å². The predicted octanol–water partition coefficient (Wildman–Crippen LogP) is 4.61. The van der Waals surface area contributed by atoms with Crippen molar-refractivity contribution in [3.63, 3.8) is 0 Å². The van der Waals surface area contributed by atoms with Crippen LogP contribution in [0.25, 0.3) is 0 Å². The number of hydrogen-bond acceptors (Lipinski definition) is 4. The number of nitrogens with zero attached hydrogens (tertiary/aromatic N) is 1. The minimum atomic E-state index is -0.198. The van der Waals surface area contributed by atoms with Gasteiger partial charge in [-0.05, 0) is 61.7 Å². The van der Waals surface area contributed by atoms with Crippen molar-refractivity contribution >= 4 is 17.5 Å². The molecule has 6 heteroatoms. The topological polar surface area (TPSA) is 87.5 Å². The lowest BCUT2D eigenvalue weighted by atomic mass is 9.91. The Kier molecular flexibility index (Phi) is 8.87. The van der Waals surface area contributed by atoms with Crippen LogP contribution < -0.4 is 16.4 Å². The summed E-state index contributed by atoms with van der Waals surface area (Å²) in [7, 11) is 2.07. The summed E-state index contributed by atoms with van der Waals surface area (Å²) in [5.74, 6) is -0.354. The number of nitrogens with two attached hydrogens (primary N) is 1. The van der Waals surface area contributed by atoms with Gasteiger partial charge in [0.2, 0.25) is 0 Å². The highest BCUT2D eigenvalue weighted by molar-refractivity contribution is 6.05. The molecule has 0 heterocycles. The van der Waals surface area contributed by atoms with Gasteiger partial charge in [-0.25, -0.2) is 0 Å². The molecule has 188 valence electrons. The zero-order chi connectivity index (χ0) is 25.3. The Labute approximate surface area is 213 Å². The Morgan fingerprint density at radius 2 is 1.58 bits per heavy atom. The molecule has 0 bridgehead atoms. The summed E-state index contributed by atoms with van der Waals surface area (Å²) >= 11 is 0. The van der Waals surface area contributed by atoms with Gasteiger partial charge >= 0.3 is 0 Å². The van der Waals surface area contributed by atoms with E-state index in [0.29, 0.717) is 23.4 Å². The van der Waals surface area contributed by atoms with E-state index < -0.39 is 0 Å². The molecule has 0 spiro atoms. The van der Waals surface area contributed by atoms with E-state index in [2.05, 4.69) is 46.8 Å². The molecule has 1 aliphatic rings. The zero-order valence-electron chi connectivity index (χ0n) is 21.0. The Balaban J connectivity index is 1.50. The normalized spacial score (nSPS) is 17.5. The van der Waals surface area contributed by atoms with E-state index in [-0.39, 0.29) is 23.9 Å². The summed E-state index contributed by atoms with van der Waals surface area (Å²) < 4.78 is 0. The van der Waals surface area contributed by atoms with E-state index in [1.54, 1.807) is 18.2 Å². The van der Waals surface area contributed by atoms with Crippen LogP contribution >= 0.6 is 0 Å². The molecule has 3 aromatic rings. The van der Waals surface area contributed by atoms with Crippen LogP contribution in [-0.2, 0) is 13.0 Å². The van der Waals surface area contributed by atoms with Crippen molar-refractivity contribution in [3.8, 4) is 0 Å². The SMILES string of the molecule is CN(CCc1ccccc1)Cc1ccc(C(=O)NC2CCCCC2N)cc1NC(=O)c1ccccc1. The largest absolute Gasteiger partial charge is 0.348 e. The minimum Gasteiger partial charge on any atom is -0.348 e. The van der Waals surface area contributed by atoms with Crippen molar-refractivity contribution < 1.29 is 9.59 Å². The second-order valence-corrected chi connectivity index (χ2v) is 9.69. The summed E-state index contributed by atoms with van der Waals surface area (Å²) in [5, 5.41) is 6.15. The number of carbonyl (C=O) groups is 2. The summed E-state index contributed by atoms with van der Waals surface area (Å²) in [4.78, 5) is 28.3. The Morgan fingerprint density at radius 1 is 0.889 bits per heavy atom. The van der Waals surface area contributed by atoms with Crippen molar-refractivity contribution in [1.29, 1.82) is 0 Å². The van der Waals surface area contributed by atoms with Crippen molar-refractivity contribution in [2.45, 2.75) is 50.7 Å². The third kappa shape index (κ3) is 7.03. The maximum Gasteiger partial charge on any atom is 0.255 e. The standard InChI is InChI=1S/C30H36N4O2/c1-34(19-18-22-10-4-2-5-11-22)21-25-17-16-24(30(36)32-27-15-9-8-14-26(27)31)20-28(25)33-29(35)23-12-6-3-7-13-23/h2-7,10-13,16-17,20,26-27H,8-9,14-15,18-19,21,31H2,1H3,(H,32,36)(H,33,35). The lowest BCUT2D eigenvalue weighted by Gasteiger charge is -2.29. The van der Waals surface area contributed by atoms with Gasteiger partial charge in [-0.3, -0.25) is 9.59 Å². The fourth-order valence-corrected chi connectivity index (χ4v) is 4.68. The molecule has 2 amide bonds. The van der Waals surface area contributed by atoms with Gasteiger partial charge < -0.3 is 21.3 Å². The van der Waals surface area contributed by atoms with Gasteiger partial charge in [0, 0.05) is 42.0 Å². The van der Waals surface area contributed by atoms with Gasteiger partial charge in [0.05, 0.1) is 0 Å². The second kappa shape index (κ2) is 12.5. The van der Waals surface area contributed by atoms with Crippen LogP contribution in [0.1, 0.15) is 57.5 Å². The molecule has 36 heavy (non-hydrogen) atoms. The summed E-state index contributed by atoms with van der Waals surface area (Å²) in [6, 6.07) is 25.0. The smallest absolute Gasteiger partial charge is 0.255 e. The molecule has 1 aliphatic carbocycles. The third-order valence-corrected chi connectivity index (χ3v) is 6.86. The Morgan fingerprint density at radius 3 is 2.31 bits per heavy atom. The van der Waals surface area contributed by atoms with E-state index >= 15 is 0 Å². The molecule has 1 saturated carbocycles. The number of anilines is 1.